The summed E-state index contributed by atoms with van der Waals surface area (Å²) < 4.78 is 1.89. The summed E-state index contributed by atoms with van der Waals surface area (Å²) in [6.07, 6.45) is 3.90. The Morgan fingerprint density at radius 1 is 1.47 bits per heavy atom. The maximum atomic E-state index is 11.9. The highest BCUT2D eigenvalue weighted by atomic mass is 16.2. The number of nitrogens with zero attached hydrogens (tertiary/aromatic N) is 3. The summed E-state index contributed by atoms with van der Waals surface area (Å²) >= 11 is 0. The first-order valence-corrected chi connectivity index (χ1v) is 7.07. The Kier molecular flexibility index (Phi) is 4.58. The number of rotatable bonds is 4. The number of aromatic nitrogens is 2. The molecule has 5 nitrogen and oxygen atoms in total. The average molecular weight is 264 g/mol. The summed E-state index contributed by atoms with van der Waals surface area (Å²) in [5.41, 5.74) is 1.20. The minimum absolute atomic E-state index is 0.110. The van der Waals surface area contributed by atoms with Crippen molar-refractivity contribution < 1.29 is 4.79 Å². The predicted molar refractivity (Wildman–Crippen MR) is 74.5 cm³/mol. The van der Waals surface area contributed by atoms with Crippen molar-refractivity contribution in [2.75, 3.05) is 13.1 Å². The van der Waals surface area contributed by atoms with E-state index in [-0.39, 0.29) is 11.8 Å². The zero-order chi connectivity index (χ0) is 13.8. The Labute approximate surface area is 115 Å². The van der Waals surface area contributed by atoms with Gasteiger partial charge in [0.1, 0.15) is 0 Å². The zero-order valence-corrected chi connectivity index (χ0v) is 12.1. The van der Waals surface area contributed by atoms with Gasteiger partial charge < -0.3 is 10.2 Å². The molecular formula is C14H24N4O. The van der Waals surface area contributed by atoms with E-state index in [9.17, 15) is 4.79 Å². The van der Waals surface area contributed by atoms with Crippen LogP contribution in [-0.2, 0) is 18.4 Å². The molecule has 0 radical (unpaired) electrons. The van der Waals surface area contributed by atoms with E-state index in [4.69, 9.17) is 0 Å². The van der Waals surface area contributed by atoms with E-state index in [0.29, 0.717) is 6.04 Å². The zero-order valence-electron chi connectivity index (χ0n) is 12.1. The van der Waals surface area contributed by atoms with Crippen LogP contribution in [0.2, 0.25) is 0 Å². The van der Waals surface area contributed by atoms with Crippen LogP contribution in [0.4, 0.5) is 0 Å². The van der Waals surface area contributed by atoms with Crippen molar-refractivity contribution >= 4 is 5.91 Å². The van der Waals surface area contributed by atoms with Crippen LogP contribution in [0.15, 0.2) is 12.3 Å². The summed E-state index contributed by atoms with van der Waals surface area (Å²) in [6, 6.07) is 2.54. The van der Waals surface area contributed by atoms with Crippen molar-refractivity contribution in [1.82, 2.24) is 20.0 Å². The highest BCUT2D eigenvalue weighted by molar-refractivity contribution is 5.78. The largest absolute Gasteiger partial charge is 0.342 e. The summed E-state index contributed by atoms with van der Waals surface area (Å²) in [5, 5.41) is 7.71. The average Bonchev–Trinajstić information content (AvgIpc) is 2.81. The molecule has 5 heteroatoms. The number of likely N-dealkylation sites (tertiary alicyclic amines) is 1. The molecule has 1 N–H and O–H groups in total. The van der Waals surface area contributed by atoms with Crippen LogP contribution in [0, 0.1) is 5.92 Å². The molecule has 1 aromatic heterocycles. The summed E-state index contributed by atoms with van der Waals surface area (Å²) in [5.74, 6) is 0.393. The number of hydrogen-bond donors (Lipinski definition) is 1. The van der Waals surface area contributed by atoms with Crippen molar-refractivity contribution in [3.63, 3.8) is 0 Å². The van der Waals surface area contributed by atoms with Gasteiger partial charge in [-0.2, -0.15) is 5.10 Å². The fourth-order valence-corrected chi connectivity index (χ4v) is 2.49. The third-order valence-electron chi connectivity index (χ3n) is 3.79. The molecule has 1 saturated heterocycles. The van der Waals surface area contributed by atoms with E-state index in [2.05, 4.69) is 10.4 Å². The lowest BCUT2D eigenvalue weighted by atomic mass is 10.0. The van der Waals surface area contributed by atoms with Gasteiger partial charge in [0.2, 0.25) is 5.91 Å². The minimum atomic E-state index is 0.110. The van der Waals surface area contributed by atoms with Gasteiger partial charge in [-0.05, 0) is 18.9 Å². The molecule has 0 bridgehead atoms. The fraction of sp³-hybridized carbons (Fsp3) is 0.714. The van der Waals surface area contributed by atoms with Crippen LogP contribution in [0.25, 0.3) is 0 Å². The molecule has 0 atom stereocenters. The molecule has 1 aromatic rings. The first-order chi connectivity index (χ1) is 9.08. The number of hydrogen-bond acceptors (Lipinski definition) is 3. The van der Waals surface area contributed by atoms with E-state index in [1.165, 1.54) is 5.69 Å². The summed E-state index contributed by atoms with van der Waals surface area (Å²) in [6.45, 7) is 6.53. The second-order valence-corrected chi connectivity index (χ2v) is 5.58. The van der Waals surface area contributed by atoms with Crippen molar-refractivity contribution in [2.24, 2.45) is 13.0 Å². The molecule has 19 heavy (non-hydrogen) atoms. The smallest absolute Gasteiger partial charge is 0.225 e. The third kappa shape index (κ3) is 3.56. The van der Waals surface area contributed by atoms with Gasteiger partial charge in [0, 0.05) is 44.8 Å². The summed E-state index contributed by atoms with van der Waals surface area (Å²) in [7, 11) is 1.96. The van der Waals surface area contributed by atoms with Crippen molar-refractivity contribution in [1.29, 1.82) is 0 Å². The Morgan fingerprint density at radius 2 is 2.16 bits per heavy atom. The van der Waals surface area contributed by atoms with Crippen LogP contribution >= 0.6 is 0 Å². The molecule has 2 heterocycles. The lowest BCUT2D eigenvalue weighted by Gasteiger charge is -2.33. The lowest BCUT2D eigenvalue weighted by molar-refractivity contribution is -0.135. The van der Waals surface area contributed by atoms with Crippen LogP contribution in [0.5, 0.6) is 0 Å². The molecule has 0 unspecified atom stereocenters. The third-order valence-corrected chi connectivity index (χ3v) is 3.79. The number of amides is 1. The number of aryl methyl sites for hydroxylation is 1. The van der Waals surface area contributed by atoms with Gasteiger partial charge in [-0.15, -0.1) is 0 Å². The van der Waals surface area contributed by atoms with Crippen LogP contribution in [0.1, 0.15) is 32.4 Å². The van der Waals surface area contributed by atoms with E-state index >= 15 is 0 Å². The molecular weight excluding hydrogens is 240 g/mol. The molecule has 0 saturated carbocycles. The SMILES string of the molecule is CC(C)C(=O)N1CCC(NCc2ccnn2C)CC1. The van der Waals surface area contributed by atoms with Crippen molar-refractivity contribution in [2.45, 2.75) is 39.3 Å². The second kappa shape index (κ2) is 6.19. The quantitative estimate of drug-likeness (QED) is 0.887. The van der Waals surface area contributed by atoms with Crippen LogP contribution in [0.3, 0.4) is 0 Å². The van der Waals surface area contributed by atoms with Gasteiger partial charge >= 0.3 is 0 Å². The van der Waals surface area contributed by atoms with Gasteiger partial charge in [0.15, 0.2) is 0 Å². The number of nitrogens with one attached hydrogen (secondary N) is 1. The monoisotopic (exact) mass is 264 g/mol. The summed E-state index contributed by atoms with van der Waals surface area (Å²) in [4.78, 5) is 13.9. The van der Waals surface area contributed by atoms with Gasteiger partial charge in [0.25, 0.3) is 0 Å². The number of piperidine rings is 1. The van der Waals surface area contributed by atoms with Crippen molar-refractivity contribution in [3.8, 4) is 0 Å². The topological polar surface area (TPSA) is 50.2 Å². The number of carbonyl (C=O) groups excluding carboxylic acids is 1. The number of carbonyl (C=O) groups is 1. The lowest BCUT2D eigenvalue weighted by Crippen LogP contribution is -2.46. The molecule has 1 fully saturated rings. The standard InChI is InChI=1S/C14H24N4O/c1-11(2)14(19)18-8-5-12(6-9-18)15-10-13-4-7-16-17(13)3/h4,7,11-12,15H,5-6,8-10H2,1-3H3. The molecule has 106 valence electrons. The van der Waals surface area contributed by atoms with E-state index in [0.717, 1.165) is 32.5 Å². The Morgan fingerprint density at radius 3 is 2.68 bits per heavy atom. The Balaban J connectivity index is 1.75. The first kappa shape index (κ1) is 14.1. The Bertz CT molecular complexity index is 419. The molecule has 1 aliphatic heterocycles. The second-order valence-electron chi connectivity index (χ2n) is 5.58. The minimum Gasteiger partial charge on any atom is -0.342 e. The maximum absolute atomic E-state index is 11.9. The van der Waals surface area contributed by atoms with E-state index < -0.39 is 0 Å². The first-order valence-electron chi connectivity index (χ1n) is 7.07. The van der Waals surface area contributed by atoms with E-state index in [1.54, 1.807) is 0 Å². The maximum Gasteiger partial charge on any atom is 0.225 e. The van der Waals surface area contributed by atoms with Gasteiger partial charge in [-0.1, -0.05) is 13.8 Å². The molecule has 0 aromatic carbocycles. The van der Waals surface area contributed by atoms with Gasteiger partial charge in [-0.25, -0.2) is 0 Å². The molecule has 2 rings (SSSR count). The highest BCUT2D eigenvalue weighted by Crippen LogP contribution is 2.13. The van der Waals surface area contributed by atoms with Crippen LogP contribution in [-0.4, -0.2) is 39.7 Å². The van der Waals surface area contributed by atoms with Gasteiger partial charge in [0.05, 0.1) is 5.69 Å². The molecule has 0 spiro atoms. The van der Waals surface area contributed by atoms with Crippen molar-refractivity contribution in [3.05, 3.63) is 18.0 Å². The van der Waals surface area contributed by atoms with Crippen LogP contribution < -0.4 is 5.32 Å². The normalized spacial score (nSPS) is 17.2. The Hall–Kier alpha value is -1.36. The molecule has 1 amide bonds. The highest BCUT2D eigenvalue weighted by Gasteiger charge is 2.23. The van der Waals surface area contributed by atoms with Gasteiger partial charge in [-0.3, -0.25) is 9.48 Å². The van der Waals surface area contributed by atoms with E-state index in [1.807, 2.05) is 42.7 Å². The molecule has 1 aliphatic rings. The predicted octanol–water partition coefficient (Wildman–Crippen LogP) is 1.16. The molecule has 0 aliphatic carbocycles. The fourth-order valence-electron chi connectivity index (χ4n) is 2.49.